The lowest BCUT2D eigenvalue weighted by atomic mass is 10.1. The number of methoxy groups -OCH3 is 1. The summed E-state index contributed by atoms with van der Waals surface area (Å²) >= 11 is 6.13. The van der Waals surface area contributed by atoms with Crippen LogP contribution in [0.2, 0.25) is 5.02 Å². The normalized spacial score (nSPS) is 14.8. The van der Waals surface area contributed by atoms with Crippen molar-refractivity contribution >= 4 is 23.6 Å². The third kappa shape index (κ3) is 4.41. The number of benzene rings is 2. The van der Waals surface area contributed by atoms with Crippen LogP contribution in [0.15, 0.2) is 30.3 Å². The van der Waals surface area contributed by atoms with Gasteiger partial charge in [0.2, 0.25) is 5.75 Å². The highest BCUT2D eigenvalue weighted by atomic mass is 35.5. The highest BCUT2D eigenvalue weighted by Gasteiger charge is 2.19. The maximum Gasteiger partial charge on any atom is 0.331 e. The Labute approximate surface area is 172 Å². The quantitative estimate of drug-likeness (QED) is 0.541. The van der Waals surface area contributed by atoms with Crippen LogP contribution in [0.1, 0.15) is 16.7 Å². The molecular formula is C21H19ClO7. The van der Waals surface area contributed by atoms with Gasteiger partial charge in [-0.25, -0.2) is 4.79 Å². The van der Waals surface area contributed by atoms with Crippen molar-refractivity contribution in [3.8, 4) is 23.0 Å². The van der Waals surface area contributed by atoms with Gasteiger partial charge in [0.05, 0.1) is 13.7 Å². The van der Waals surface area contributed by atoms with Gasteiger partial charge < -0.3 is 28.4 Å². The largest absolute Gasteiger partial charge is 0.493 e. The van der Waals surface area contributed by atoms with Gasteiger partial charge in [-0.1, -0.05) is 11.6 Å². The van der Waals surface area contributed by atoms with Crippen molar-refractivity contribution in [1.82, 2.24) is 0 Å². The molecule has 0 saturated heterocycles. The molecule has 0 unspecified atom stereocenters. The van der Waals surface area contributed by atoms with Gasteiger partial charge in [-0.2, -0.15) is 0 Å². The van der Waals surface area contributed by atoms with E-state index in [-0.39, 0.29) is 13.4 Å². The number of carbonyl (C=O) groups is 1. The summed E-state index contributed by atoms with van der Waals surface area (Å²) < 4.78 is 32.6. The standard InChI is InChI=1S/C21H19ClO7/c1-24-17-6-13(7-18-21(17)27-5-4-26-18)2-3-19(23)28-11-15-9-16(22)8-14-10-25-12-29-20(14)15/h2-3,6-9H,4-5,10-12H2,1H3/b3-2+. The number of halogens is 1. The Morgan fingerprint density at radius 1 is 1.14 bits per heavy atom. The highest BCUT2D eigenvalue weighted by Crippen LogP contribution is 2.40. The molecule has 29 heavy (non-hydrogen) atoms. The fourth-order valence-corrected chi connectivity index (χ4v) is 3.38. The van der Waals surface area contributed by atoms with Crippen LogP contribution in [0.3, 0.4) is 0 Å². The number of fused-ring (bicyclic) bond motifs is 2. The van der Waals surface area contributed by atoms with E-state index in [1.165, 1.54) is 6.08 Å². The first-order valence-electron chi connectivity index (χ1n) is 8.98. The molecule has 2 aliphatic rings. The van der Waals surface area contributed by atoms with E-state index >= 15 is 0 Å². The van der Waals surface area contributed by atoms with Crippen LogP contribution in [0, 0.1) is 0 Å². The molecule has 2 heterocycles. The minimum Gasteiger partial charge on any atom is -0.493 e. The van der Waals surface area contributed by atoms with Crippen LogP contribution in [-0.2, 0) is 27.5 Å². The van der Waals surface area contributed by atoms with Gasteiger partial charge in [0, 0.05) is 22.2 Å². The first kappa shape index (κ1) is 19.4. The van der Waals surface area contributed by atoms with Crippen molar-refractivity contribution in [2.75, 3.05) is 27.1 Å². The molecule has 0 N–H and O–H groups in total. The van der Waals surface area contributed by atoms with E-state index in [1.54, 1.807) is 37.5 Å². The molecule has 0 amide bonds. The van der Waals surface area contributed by atoms with E-state index in [4.69, 9.17) is 40.0 Å². The second-order valence-corrected chi connectivity index (χ2v) is 6.79. The topological polar surface area (TPSA) is 72.5 Å². The monoisotopic (exact) mass is 418 g/mol. The molecule has 2 aliphatic heterocycles. The minimum atomic E-state index is -0.500. The number of rotatable bonds is 5. The Kier molecular flexibility index (Phi) is 5.78. The van der Waals surface area contributed by atoms with Crippen molar-refractivity contribution in [3.05, 3.63) is 52.1 Å². The Morgan fingerprint density at radius 3 is 2.86 bits per heavy atom. The molecule has 0 radical (unpaired) electrons. The maximum atomic E-state index is 12.2. The molecule has 8 heteroatoms. The molecule has 0 fully saturated rings. The average Bonchev–Trinajstić information content (AvgIpc) is 2.75. The molecule has 0 aliphatic carbocycles. The first-order valence-corrected chi connectivity index (χ1v) is 9.36. The predicted octanol–water partition coefficient (Wildman–Crippen LogP) is 3.74. The number of hydrogen-bond donors (Lipinski definition) is 0. The van der Waals surface area contributed by atoms with Gasteiger partial charge in [0.1, 0.15) is 25.6 Å². The Hall–Kier alpha value is -2.90. The van der Waals surface area contributed by atoms with Gasteiger partial charge in [-0.05, 0) is 35.9 Å². The predicted molar refractivity (Wildman–Crippen MR) is 105 cm³/mol. The molecule has 2 aromatic rings. The number of carbonyl (C=O) groups excluding carboxylic acids is 1. The Bertz CT molecular complexity index is 937. The third-order valence-electron chi connectivity index (χ3n) is 4.38. The van der Waals surface area contributed by atoms with E-state index in [0.717, 1.165) is 11.1 Å². The van der Waals surface area contributed by atoms with Crippen molar-refractivity contribution in [1.29, 1.82) is 0 Å². The molecule has 4 rings (SSSR count). The second-order valence-electron chi connectivity index (χ2n) is 6.35. The van der Waals surface area contributed by atoms with Gasteiger partial charge in [-0.15, -0.1) is 0 Å². The van der Waals surface area contributed by atoms with Gasteiger partial charge in [0.25, 0.3) is 0 Å². The van der Waals surface area contributed by atoms with Crippen molar-refractivity contribution < 1.29 is 33.2 Å². The summed E-state index contributed by atoms with van der Waals surface area (Å²) in [5.74, 6) is 1.83. The lowest BCUT2D eigenvalue weighted by molar-refractivity contribution is -0.139. The summed E-state index contributed by atoms with van der Waals surface area (Å²) in [5.41, 5.74) is 2.25. The third-order valence-corrected chi connectivity index (χ3v) is 4.60. The van der Waals surface area contributed by atoms with Crippen LogP contribution in [0.4, 0.5) is 0 Å². The lowest BCUT2D eigenvalue weighted by Gasteiger charge is -2.21. The van der Waals surface area contributed by atoms with Crippen LogP contribution in [-0.4, -0.2) is 33.1 Å². The van der Waals surface area contributed by atoms with Gasteiger partial charge >= 0.3 is 5.97 Å². The fraction of sp³-hybridized carbons (Fsp3) is 0.286. The molecule has 0 saturated carbocycles. The minimum absolute atomic E-state index is 0.0382. The molecule has 152 valence electrons. The summed E-state index contributed by atoms with van der Waals surface area (Å²) in [5, 5.41) is 0.530. The second kappa shape index (κ2) is 8.63. The number of esters is 1. The summed E-state index contributed by atoms with van der Waals surface area (Å²) in [7, 11) is 1.55. The van der Waals surface area contributed by atoms with Crippen molar-refractivity contribution in [2.24, 2.45) is 0 Å². The van der Waals surface area contributed by atoms with Gasteiger partial charge in [-0.3, -0.25) is 0 Å². The SMILES string of the molecule is COc1cc(/C=C/C(=O)OCc2cc(Cl)cc3c2OCOC3)cc2c1OCCO2. The van der Waals surface area contributed by atoms with Gasteiger partial charge in [0.15, 0.2) is 18.3 Å². The highest BCUT2D eigenvalue weighted by molar-refractivity contribution is 6.30. The van der Waals surface area contributed by atoms with Crippen molar-refractivity contribution in [3.63, 3.8) is 0 Å². The number of ether oxygens (including phenoxy) is 6. The number of hydrogen-bond acceptors (Lipinski definition) is 7. The summed E-state index contributed by atoms with van der Waals surface area (Å²) in [4.78, 5) is 12.2. The maximum absolute atomic E-state index is 12.2. The van der Waals surface area contributed by atoms with E-state index in [2.05, 4.69) is 0 Å². The molecule has 0 aromatic heterocycles. The zero-order valence-electron chi connectivity index (χ0n) is 15.7. The Morgan fingerprint density at radius 2 is 2.00 bits per heavy atom. The molecule has 0 atom stereocenters. The van der Waals surface area contributed by atoms with Crippen molar-refractivity contribution in [2.45, 2.75) is 13.2 Å². The summed E-state index contributed by atoms with van der Waals surface area (Å²) in [6.07, 6.45) is 2.96. The molecule has 7 nitrogen and oxygen atoms in total. The zero-order chi connectivity index (χ0) is 20.2. The van der Waals surface area contributed by atoms with E-state index in [9.17, 15) is 4.79 Å². The lowest BCUT2D eigenvalue weighted by Crippen LogP contribution is -2.16. The van der Waals surface area contributed by atoms with E-state index in [1.807, 2.05) is 0 Å². The molecule has 0 spiro atoms. The first-order chi connectivity index (χ1) is 14.1. The van der Waals surface area contributed by atoms with Crippen LogP contribution >= 0.6 is 11.6 Å². The fourth-order valence-electron chi connectivity index (χ4n) is 3.11. The van der Waals surface area contributed by atoms with Crippen LogP contribution in [0.25, 0.3) is 6.08 Å². The van der Waals surface area contributed by atoms with E-state index in [0.29, 0.717) is 53.4 Å². The van der Waals surface area contributed by atoms with Crippen LogP contribution < -0.4 is 18.9 Å². The molecule has 0 bridgehead atoms. The molecular weight excluding hydrogens is 400 g/mol. The average molecular weight is 419 g/mol. The molecule has 2 aromatic carbocycles. The van der Waals surface area contributed by atoms with E-state index < -0.39 is 5.97 Å². The van der Waals surface area contributed by atoms with Crippen LogP contribution in [0.5, 0.6) is 23.0 Å². The Balaban J connectivity index is 1.44. The summed E-state index contributed by atoms with van der Waals surface area (Å²) in [6.45, 7) is 1.52. The summed E-state index contributed by atoms with van der Waals surface area (Å²) in [6, 6.07) is 7.03. The zero-order valence-corrected chi connectivity index (χ0v) is 16.5. The smallest absolute Gasteiger partial charge is 0.331 e.